The number of ether oxygens (including phenoxy) is 2. The highest BCUT2D eigenvalue weighted by atomic mass is 32.2. The molecule has 0 aromatic carbocycles. The number of carbonyl (C=O) groups is 3. The molecule has 4 aliphatic heterocycles. The summed E-state index contributed by atoms with van der Waals surface area (Å²) in [6, 6.07) is -1.27. The van der Waals surface area contributed by atoms with Crippen molar-refractivity contribution in [1.82, 2.24) is 14.7 Å². The molecule has 0 aliphatic carbocycles. The van der Waals surface area contributed by atoms with Crippen molar-refractivity contribution in [2.75, 3.05) is 59.2 Å². The number of hydrogen-bond donors (Lipinski definition) is 1. The quantitative estimate of drug-likeness (QED) is 0.230. The molecule has 6 atom stereocenters. The number of esters is 1. The van der Waals surface area contributed by atoms with Gasteiger partial charge in [-0.15, -0.1) is 24.9 Å². The second kappa shape index (κ2) is 11.7. The molecule has 4 aliphatic rings. The number of amides is 2. The van der Waals surface area contributed by atoms with Crippen LogP contribution in [0.1, 0.15) is 26.2 Å². The van der Waals surface area contributed by atoms with Gasteiger partial charge in [-0.05, 0) is 26.2 Å². The van der Waals surface area contributed by atoms with E-state index >= 15 is 0 Å². The molecule has 10 heteroatoms. The molecule has 0 saturated carbocycles. The molecule has 2 bridgehead atoms. The van der Waals surface area contributed by atoms with E-state index in [1.54, 1.807) is 40.6 Å². The van der Waals surface area contributed by atoms with Crippen molar-refractivity contribution in [3.63, 3.8) is 0 Å². The van der Waals surface area contributed by atoms with Crippen LogP contribution in [0, 0.1) is 11.8 Å². The largest absolute Gasteiger partial charge is 0.465 e. The molecule has 200 valence electrons. The van der Waals surface area contributed by atoms with Gasteiger partial charge in [-0.3, -0.25) is 19.3 Å². The number of carbonyl (C=O) groups excluding carboxylic acids is 3. The van der Waals surface area contributed by atoms with E-state index in [2.05, 4.69) is 18.1 Å². The number of aliphatic hydroxyl groups is 1. The Morgan fingerprint density at radius 3 is 2.75 bits per heavy atom. The zero-order chi connectivity index (χ0) is 25.9. The average molecular weight is 522 g/mol. The first-order valence-corrected chi connectivity index (χ1v) is 13.9. The maximum absolute atomic E-state index is 14.2. The molecular formula is C26H39N3O6S. The van der Waals surface area contributed by atoms with Crippen LogP contribution in [0.5, 0.6) is 0 Å². The molecular weight excluding hydrogens is 482 g/mol. The summed E-state index contributed by atoms with van der Waals surface area (Å²) in [5.41, 5.74) is 0. The third-order valence-corrected chi connectivity index (χ3v) is 9.95. The van der Waals surface area contributed by atoms with Crippen molar-refractivity contribution in [2.45, 2.75) is 48.3 Å². The van der Waals surface area contributed by atoms with Crippen molar-refractivity contribution in [1.29, 1.82) is 0 Å². The van der Waals surface area contributed by atoms with Crippen LogP contribution in [0.15, 0.2) is 25.3 Å². The Bertz CT molecular complexity index is 865. The lowest BCUT2D eigenvalue weighted by Gasteiger charge is -2.39. The Kier molecular flexibility index (Phi) is 8.80. The van der Waals surface area contributed by atoms with Crippen LogP contribution in [0.25, 0.3) is 0 Å². The number of hydrogen-bond acceptors (Lipinski definition) is 8. The Morgan fingerprint density at radius 1 is 1.33 bits per heavy atom. The molecule has 1 spiro atoms. The molecule has 2 amide bonds. The second-order valence-electron chi connectivity index (χ2n) is 10.1. The van der Waals surface area contributed by atoms with Gasteiger partial charge in [0.1, 0.15) is 6.04 Å². The molecule has 36 heavy (non-hydrogen) atoms. The number of fused-ring (bicyclic) bond motifs is 1. The molecule has 2 unspecified atom stereocenters. The van der Waals surface area contributed by atoms with E-state index in [0.717, 1.165) is 19.5 Å². The van der Waals surface area contributed by atoms with Crippen LogP contribution < -0.4 is 0 Å². The van der Waals surface area contributed by atoms with E-state index in [4.69, 9.17) is 9.47 Å². The summed E-state index contributed by atoms with van der Waals surface area (Å²) < 4.78 is 10.3. The Morgan fingerprint density at radius 2 is 2.08 bits per heavy atom. The van der Waals surface area contributed by atoms with Gasteiger partial charge in [0.2, 0.25) is 11.8 Å². The van der Waals surface area contributed by atoms with Crippen LogP contribution in [0.4, 0.5) is 0 Å². The fourth-order valence-corrected chi connectivity index (χ4v) is 8.43. The van der Waals surface area contributed by atoms with Crippen molar-refractivity contribution >= 4 is 29.5 Å². The minimum atomic E-state index is -0.734. The van der Waals surface area contributed by atoms with Gasteiger partial charge >= 0.3 is 5.97 Å². The van der Waals surface area contributed by atoms with Crippen LogP contribution >= 0.6 is 11.8 Å². The van der Waals surface area contributed by atoms with Crippen molar-refractivity contribution < 1.29 is 29.0 Å². The zero-order valence-corrected chi connectivity index (χ0v) is 22.0. The highest BCUT2D eigenvalue weighted by Crippen LogP contribution is 2.66. The standard InChI is InChI=1S/C26H39N3O6S/c1-4-6-14-35-25(33)20-19-7-8-26(36-19)21(20)23(31)29(18(3)17-30)22(26)24(32)28(9-5-2)11-10-27-12-15-34-16-13-27/h4-5,18-22,30H,1-2,6-17H2,3H3/t18-,19+,20-,21+,22?,26?/m1/s1. The predicted octanol–water partition coefficient (Wildman–Crippen LogP) is 0.925. The molecule has 0 aromatic heterocycles. The zero-order valence-electron chi connectivity index (χ0n) is 21.2. The first-order valence-electron chi connectivity index (χ1n) is 13.0. The van der Waals surface area contributed by atoms with Gasteiger partial charge in [0.25, 0.3) is 0 Å². The van der Waals surface area contributed by atoms with E-state index in [0.29, 0.717) is 45.7 Å². The van der Waals surface area contributed by atoms with Gasteiger partial charge in [-0.25, -0.2) is 0 Å². The van der Waals surface area contributed by atoms with E-state index in [9.17, 15) is 19.5 Å². The Hall–Kier alpha value is -1.88. The molecule has 0 radical (unpaired) electrons. The van der Waals surface area contributed by atoms with E-state index in [1.165, 1.54) is 0 Å². The molecule has 4 rings (SSSR count). The van der Waals surface area contributed by atoms with Crippen LogP contribution in [0.3, 0.4) is 0 Å². The lowest BCUT2D eigenvalue weighted by Crippen LogP contribution is -2.57. The maximum Gasteiger partial charge on any atom is 0.310 e. The molecule has 0 aromatic rings. The van der Waals surface area contributed by atoms with Gasteiger partial charge in [-0.1, -0.05) is 12.2 Å². The number of likely N-dealkylation sites (tertiary alicyclic amines) is 1. The molecule has 4 fully saturated rings. The van der Waals surface area contributed by atoms with E-state index in [-0.39, 0.29) is 36.2 Å². The molecule has 4 heterocycles. The third kappa shape index (κ3) is 4.85. The van der Waals surface area contributed by atoms with Crippen molar-refractivity contribution in [3.8, 4) is 0 Å². The van der Waals surface area contributed by atoms with E-state index in [1.807, 2.05) is 0 Å². The van der Waals surface area contributed by atoms with Crippen LogP contribution in [-0.2, 0) is 23.9 Å². The van der Waals surface area contributed by atoms with Crippen LogP contribution in [-0.4, -0.2) is 119 Å². The summed E-state index contributed by atoms with van der Waals surface area (Å²) >= 11 is 1.61. The van der Waals surface area contributed by atoms with Gasteiger partial charge in [0.05, 0.1) is 49.1 Å². The predicted molar refractivity (Wildman–Crippen MR) is 137 cm³/mol. The summed E-state index contributed by atoms with van der Waals surface area (Å²) in [4.78, 5) is 46.8. The first kappa shape index (κ1) is 27.2. The lowest BCUT2D eigenvalue weighted by molar-refractivity contribution is -0.154. The molecule has 4 saturated heterocycles. The SMILES string of the molecule is C=CCCOC(=O)[C@@H]1[C@@H]2CCC3(S2)C(C(=O)N(CC=C)CCN2CCOCC2)N([C@H](C)CO)C(=O)[C@H]13. The number of thioether (sulfide) groups is 1. The molecule has 1 N–H and O–H groups in total. The minimum Gasteiger partial charge on any atom is -0.465 e. The molecule has 9 nitrogen and oxygen atoms in total. The highest BCUT2D eigenvalue weighted by molar-refractivity contribution is 8.02. The van der Waals surface area contributed by atoms with Gasteiger partial charge < -0.3 is 24.4 Å². The summed E-state index contributed by atoms with van der Waals surface area (Å²) in [5, 5.41) is 9.97. The second-order valence-corrected chi connectivity index (χ2v) is 11.7. The normalized spacial score (nSPS) is 32.3. The summed E-state index contributed by atoms with van der Waals surface area (Å²) in [5.74, 6) is -1.91. The lowest BCUT2D eigenvalue weighted by atomic mass is 9.71. The topological polar surface area (TPSA) is 99.6 Å². The Balaban J connectivity index is 1.60. The van der Waals surface area contributed by atoms with Crippen molar-refractivity contribution in [2.24, 2.45) is 11.8 Å². The monoisotopic (exact) mass is 521 g/mol. The van der Waals surface area contributed by atoms with E-state index < -0.39 is 28.7 Å². The van der Waals surface area contributed by atoms with Gasteiger partial charge in [-0.2, -0.15) is 0 Å². The number of rotatable bonds is 12. The first-order chi connectivity index (χ1) is 17.4. The number of morpholine rings is 1. The van der Waals surface area contributed by atoms with Crippen LogP contribution in [0.2, 0.25) is 0 Å². The fourth-order valence-electron chi connectivity index (χ4n) is 6.25. The summed E-state index contributed by atoms with van der Waals surface area (Å²) in [6.45, 7) is 13.9. The van der Waals surface area contributed by atoms with Gasteiger partial charge in [0, 0.05) is 38.0 Å². The summed E-state index contributed by atoms with van der Waals surface area (Å²) in [6.07, 6.45) is 5.40. The number of aliphatic hydroxyl groups excluding tert-OH is 1. The Labute approximate surface area is 217 Å². The summed E-state index contributed by atoms with van der Waals surface area (Å²) in [7, 11) is 0. The smallest absolute Gasteiger partial charge is 0.310 e. The minimum absolute atomic E-state index is 0.0433. The highest BCUT2D eigenvalue weighted by Gasteiger charge is 2.74. The van der Waals surface area contributed by atoms with Gasteiger partial charge in [0.15, 0.2) is 0 Å². The van der Waals surface area contributed by atoms with Crippen molar-refractivity contribution in [3.05, 3.63) is 25.3 Å². The average Bonchev–Trinajstić information content (AvgIpc) is 3.53. The maximum atomic E-state index is 14.2. The third-order valence-electron chi connectivity index (χ3n) is 8.00. The fraction of sp³-hybridized carbons (Fsp3) is 0.731. The number of nitrogens with zero attached hydrogens (tertiary/aromatic N) is 3.